The molecule has 0 aromatic heterocycles. The van der Waals surface area contributed by atoms with E-state index in [1.807, 2.05) is 30.3 Å². The molecule has 9 heteroatoms. The predicted molar refractivity (Wildman–Crippen MR) is 121 cm³/mol. The number of ether oxygens (including phenoxy) is 3. The maximum atomic E-state index is 12.7. The van der Waals surface area contributed by atoms with Crippen LogP contribution in [-0.4, -0.2) is 48.3 Å². The van der Waals surface area contributed by atoms with E-state index in [1.165, 1.54) is 38.1 Å². The Labute approximate surface area is 183 Å². The molecule has 2 aliphatic rings. The molecular formula is C22H20N4O4S. The minimum atomic E-state index is -0.492. The minimum Gasteiger partial charge on any atom is -0.493 e. The molecule has 8 nitrogen and oxygen atoms in total. The molecule has 2 aromatic rings. The number of benzene rings is 2. The lowest BCUT2D eigenvalue weighted by Crippen LogP contribution is -2.35. The Hall–Kier alpha value is -3.59. The average Bonchev–Trinajstić information content (AvgIpc) is 3.18. The second kappa shape index (κ2) is 8.65. The third-order valence-electron chi connectivity index (χ3n) is 4.69. The van der Waals surface area contributed by atoms with E-state index in [2.05, 4.69) is 10.1 Å². The smallest absolute Gasteiger partial charge is 0.283 e. The number of fused-ring (bicyclic) bond motifs is 1. The number of nitrogens with one attached hydrogen (secondary N) is 1. The van der Waals surface area contributed by atoms with Gasteiger partial charge in [-0.3, -0.25) is 10.2 Å². The van der Waals surface area contributed by atoms with Gasteiger partial charge in [0.05, 0.1) is 26.9 Å². The van der Waals surface area contributed by atoms with Crippen molar-refractivity contribution in [3.8, 4) is 17.2 Å². The van der Waals surface area contributed by atoms with Crippen molar-refractivity contribution >= 4 is 39.8 Å². The van der Waals surface area contributed by atoms with E-state index >= 15 is 0 Å². The molecule has 1 N–H and O–H groups in total. The molecule has 0 unspecified atom stereocenters. The third-order valence-corrected chi connectivity index (χ3v) is 5.60. The van der Waals surface area contributed by atoms with Crippen LogP contribution in [0.25, 0.3) is 6.08 Å². The summed E-state index contributed by atoms with van der Waals surface area (Å²) >= 11 is 1.30. The maximum absolute atomic E-state index is 12.7. The van der Waals surface area contributed by atoms with Crippen molar-refractivity contribution in [2.24, 2.45) is 10.1 Å². The summed E-state index contributed by atoms with van der Waals surface area (Å²) in [7, 11) is 4.55. The number of aliphatic imine (C=N–C) groups is 1. The first-order valence-electron chi connectivity index (χ1n) is 9.37. The van der Waals surface area contributed by atoms with Gasteiger partial charge in [0.15, 0.2) is 17.3 Å². The molecule has 158 valence electrons. The van der Waals surface area contributed by atoms with Crippen molar-refractivity contribution in [2.45, 2.75) is 6.42 Å². The first-order chi connectivity index (χ1) is 15.0. The Morgan fingerprint density at radius 2 is 1.74 bits per heavy atom. The Morgan fingerprint density at radius 3 is 2.35 bits per heavy atom. The number of carbonyl (C=O) groups is 1. The van der Waals surface area contributed by atoms with E-state index in [9.17, 15) is 4.79 Å². The highest BCUT2D eigenvalue weighted by Gasteiger charge is 2.35. The molecule has 0 spiro atoms. The van der Waals surface area contributed by atoms with Crippen LogP contribution in [0.2, 0.25) is 0 Å². The van der Waals surface area contributed by atoms with Gasteiger partial charge in [-0.2, -0.15) is 15.1 Å². The molecule has 0 fully saturated rings. The number of thioether (sulfide) groups is 1. The van der Waals surface area contributed by atoms with Gasteiger partial charge in [0.1, 0.15) is 5.04 Å². The van der Waals surface area contributed by atoms with Crippen LogP contribution in [0.5, 0.6) is 17.2 Å². The van der Waals surface area contributed by atoms with E-state index in [0.29, 0.717) is 34.4 Å². The van der Waals surface area contributed by atoms with Crippen molar-refractivity contribution in [1.82, 2.24) is 5.01 Å². The Balaban J connectivity index is 1.65. The fourth-order valence-electron chi connectivity index (χ4n) is 3.23. The summed E-state index contributed by atoms with van der Waals surface area (Å²) in [5.41, 5.74) is 1.84. The van der Waals surface area contributed by atoms with Crippen molar-refractivity contribution in [3.05, 3.63) is 59.2 Å². The van der Waals surface area contributed by atoms with Crippen molar-refractivity contribution in [2.75, 3.05) is 21.3 Å². The van der Waals surface area contributed by atoms with Crippen LogP contribution < -0.4 is 14.2 Å². The second-order valence-electron chi connectivity index (χ2n) is 6.63. The van der Waals surface area contributed by atoms with Gasteiger partial charge in [-0.05, 0) is 41.1 Å². The SMILES string of the molecule is COc1cc(/C=C2/C(=N)N3N=C(Cc4ccccc4)SC3=NC2=O)cc(OC)c1OC. The summed E-state index contributed by atoms with van der Waals surface area (Å²) < 4.78 is 16.1. The minimum absolute atomic E-state index is 0.0284. The molecule has 0 atom stereocenters. The average molecular weight is 436 g/mol. The van der Waals surface area contributed by atoms with E-state index in [-0.39, 0.29) is 11.4 Å². The molecule has 0 radical (unpaired) electrons. The van der Waals surface area contributed by atoms with Crippen LogP contribution >= 0.6 is 11.8 Å². The molecule has 31 heavy (non-hydrogen) atoms. The van der Waals surface area contributed by atoms with Gasteiger partial charge in [-0.1, -0.05) is 30.3 Å². The summed E-state index contributed by atoms with van der Waals surface area (Å²) in [5.74, 6) is 0.830. The number of hydrogen-bond donors (Lipinski definition) is 1. The second-order valence-corrected chi connectivity index (χ2v) is 7.68. The summed E-state index contributed by atoms with van der Waals surface area (Å²) in [6.07, 6.45) is 2.18. The third kappa shape index (κ3) is 4.04. The molecule has 1 amide bonds. The Kier molecular flexibility index (Phi) is 5.77. The van der Waals surface area contributed by atoms with Crippen molar-refractivity contribution < 1.29 is 19.0 Å². The van der Waals surface area contributed by atoms with Gasteiger partial charge in [-0.15, -0.1) is 0 Å². The standard InChI is InChI=1S/C22H20N4O4S/c1-28-16-10-14(11-17(29-2)19(16)30-3)9-15-20(23)26-22(24-21(15)27)31-18(25-26)12-13-7-5-4-6-8-13/h4-11,23H,12H2,1-3H3/b15-9-,23-20?. The Bertz CT molecular complexity index is 1120. The van der Waals surface area contributed by atoms with Gasteiger partial charge < -0.3 is 14.2 Å². The first-order valence-corrected chi connectivity index (χ1v) is 10.2. The molecular weight excluding hydrogens is 416 g/mol. The quantitative estimate of drug-likeness (QED) is 0.696. The highest BCUT2D eigenvalue weighted by atomic mass is 32.2. The monoisotopic (exact) mass is 436 g/mol. The maximum Gasteiger partial charge on any atom is 0.283 e. The zero-order chi connectivity index (χ0) is 22.0. The normalized spacial score (nSPS) is 16.7. The summed E-state index contributed by atoms with van der Waals surface area (Å²) in [6, 6.07) is 13.3. The molecule has 0 saturated carbocycles. The number of amidine groups is 2. The fourth-order valence-corrected chi connectivity index (χ4v) is 4.14. The molecule has 2 heterocycles. The number of nitrogens with zero attached hydrogens (tertiary/aromatic N) is 3. The predicted octanol–water partition coefficient (Wildman–Crippen LogP) is 3.57. The topological polar surface area (TPSA) is 96.6 Å². The van der Waals surface area contributed by atoms with E-state index < -0.39 is 5.91 Å². The molecule has 0 aliphatic carbocycles. The number of carbonyl (C=O) groups excluding carboxylic acids is 1. The molecule has 0 bridgehead atoms. The molecule has 4 rings (SSSR count). The largest absolute Gasteiger partial charge is 0.493 e. The zero-order valence-corrected chi connectivity index (χ0v) is 18.0. The first kappa shape index (κ1) is 20.7. The number of methoxy groups -OCH3 is 3. The van der Waals surface area contributed by atoms with E-state index in [0.717, 1.165) is 10.6 Å². The molecule has 2 aromatic carbocycles. The zero-order valence-electron chi connectivity index (χ0n) is 17.2. The number of rotatable bonds is 6. The van der Waals surface area contributed by atoms with Crippen LogP contribution in [-0.2, 0) is 11.2 Å². The highest BCUT2D eigenvalue weighted by molar-refractivity contribution is 8.26. The van der Waals surface area contributed by atoms with Crippen LogP contribution in [0.1, 0.15) is 11.1 Å². The van der Waals surface area contributed by atoms with E-state index in [1.54, 1.807) is 18.2 Å². The number of hydrogen-bond acceptors (Lipinski definition) is 7. The van der Waals surface area contributed by atoms with Gasteiger partial charge in [0, 0.05) is 6.42 Å². The Morgan fingerprint density at radius 1 is 1.06 bits per heavy atom. The van der Waals surface area contributed by atoms with Crippen LogP contribution in [0.3, 0.4) is 0 Å². The fraction of sp³-hybridized carbons (Fsp3) is 0.182. The van der Waals surface area contributed by atoms with Gasteiger partial charge in [-0.25, -0.2) is 0 Å². The van der Waals surface area contributed by atoms with Crippen molar-refractivity contribution in [3.63, 3.8) is 0 Å². The van der Waals surface area contributed by atoms with Gasteiger partial charge >= 0.3 is 0 Å². The van der Waals surface area contributed by atoms with Gasteiger partial charge in [0.25, 0.3) is 5.91 Å². The lowest BCUT2D eigenvalue weighted by atomic mass is 10.1. The van der Waals surface area contributed by atoms with Crippen LogP contribution in [0.4, 0.5) is 0 Å². The summed E-state index contributed by atoms with van der Waals surface area (Å²) in [6.45, 7) is 0. The number of hydrazone groups is 1. The van der Waals surface area contributed by atoms with Crippen LogP contribution in [0.15, 0.2) is 58.1 Å². The molecule has 2 aliphatic heterocycles. The highest BCUT2D eigenvalue weighted by Crippen LogP contribution is 2.39. The lowest BCUT2D eigenvalue weighted by Gasteiger charge is -2.20. The molecule has 0 saturated heterocycles. The van der Waals surface area contributed by atoms with Gasteiger partial charge in [0.2, 0.25) is 10.9 Å². The van der Waals surface area contributed by atoms with Crippen molar-refractivity contribution in [1.29, 1.82) is 5.41 Å². The summed E-state index contributed by atoms with van der Waals surface area (Å²) in [5, 5.41) is 15.6. The lowest BCUT2D eigenvalue weighted by molar-refractivity contribution is -0.114. The number of amides is 1. The van der Waals surface area contributed by atoms with E-state index in [4.69, 9.17) is 19.6 Å². The van der Waals surface area contributed by atoms with Crippen LogP contribution in [0, 0.1) is 5.41 Å². The summed E-state index contributed by atoms with van der Waals surface area (Å²) in [4.78, 5) is 16.8.